The van der Waals surface area contributed by atoms with E-state index in [0.29, 0.717) is 11.0 Å². The van der Waals surface area contributed by atoms with Crippen molar-refractivity contribution in [2.45, 2.75) is 96.5 Å². The molecule has 0 saturated heterocycles. The fourth-order valence-corrected chi connectivity index (χ4v) is 3.25. The van der Waals surface area contributed by atoms with Gasteiger partial charge >= 0.3 is 5.97 Å². The maximum absolute atomic E-state index is 11.9. The molecule has 5 heteroatoms. The second-order valence-electron chi connectivity index (χ2n) is 8.83. The van der Waals surface area contributed by atoms with Crippen molar-refractivity contribution >= 4 is 11.9 Å². The Morgan fingerprint density at radius 1 is 0.893 bits per heavy atom. The molecule has 0 amide bonds. The molecule has 0 radical (unpaired) electrons. The lowest BCUT2D eigenvalue weighted by molar-refractivity contribution is -0.873. The average molecular weight is 398 g/mol. The van der Waals surface area contributed by atoms with Crippen molar-refractivity contribution in [1.29, 1.82) is 0 Å². The number of aliphatic carboxylic acids is 1. The van der Waals surface area contributed by atoms with Crippen LogP contribution in [0.2, 0.25) is 0 Å². The van der Waals surface area contributed by atoms with E-state index in [1.54, 1.807) is 0 Å². The van der Waals surface area contributed by atoms with Crippen LogP contribution >= 0.6 is 0 Å². The molecule has 0 aliphatic rings. The highest BCUT2D eigenvalue weighted by atomic mass is 16.5. The summed E-state index contributed by atoms with van der Waals surface area (Å²) in [6.45, 7) is 2.69. The SMILES string of the molecule is CCCCCCCCCCCCC/C=C/C(=O)OC(CC(=O)[O-])C[N+](C)(C)C. The van der Waals surface area contributed by atoms with E-state index in [1.807, 2.05) is 27.2 Å². The Hall–Kier alpha value is -1.36. The van der Waals surface area contributed by atoms with Gasteiger partial charge in [-0.3, -0.25) is 0 Å². The molecule has 5 nitrogen and oxygen atoms in total. The smallest absolute Gasteiger partial charge is 0.330 e. The van der Waals surface area contributed by atoms with Gasteiger partial charge in [-0.2, -0.15) is 0 Å². The number of unbranched alkanes of at least 4 members (excludes halogenated alkanes) is 11. The van der Waals surface area contributed by atoms with E-state index < -0.39 is 18.0 Å². The van der Waals surface area contributed by atoms with Crippen molar-refractivity contribution in [3.8, 4) is 0 Å². The number of carbonyl (C=O) groups excluding carboxylic acids is 2. The number of ether oxygens (including phenoxy) is 1. The highest BCUT2D eigenvalue weighted by molar-refractivity contribution is 5.82. The molecule has 0 bridgehead atoms. The summed E-state index contributed by atoms with van der Waals surface area (Å²) in [6.07, 6.45) is 17.5. The molecule has 164 valence electrons. The van der Waals surface area contributed by atoms with E-state index in [4.69, 9.17) is 4.74 Å². The van der Waals surface area contributed by atoms with Gasteiger partial charge in [0, 0.05) is 18.5 Å². The fourth-order valence-electron chi connectivity index (χ4n) is 3.25. The Balaban J connectivity index is 3.77. The maximum Gasteiger partial charge on any atom is 0.330 e. The van der Waals surface area contributed by atoms with Gasteiger partial charge in [0.25, 0.3) is 0 Å². The Morgan fingerprint density at radius 2 is 1.39 bits per heavy atom. The fraction of sp³-hybridized carbons (Fsp3) is 0.826. The maximum atomic E-state index is 11.9. The first-order valence-corrected chi connectivity index (χ1v) is 11.1. The van der Waals surface area contributed by atoms with Crippen LogP contribution in [-0.4, -0.2) is 50.2 Å². The van der Waals surface area contributed by atoms with Crippen LogP contribution in [0.5, 0.6) is 0 Å². The molecule has 0 aliphatic heterocycles. The Bertz CT molecular complexity index is 440. The van der Waals surface area contributed by atoms with Gasteiger partial charge in [-0.25, -0.2) is 4.79 Å². The molecule has 0 spiro atoms. The second kappa shape index (κ2) is 16.6. The Kier molecular flexibility index (Phi) is 15.8. The molecule has 0 saturated carbocycles. The highest BCUT2D eigenvalue weighted by Crippen LogP contribution is 2.12. The lowest BCUT2D eigenvalue weighted by atomic mass is 10.1. The van der Waals surface area contributed by atoms with E-state index in [2.05, 4.69) is 6.92 Å². The normalized spacial score (nSPS) is 13.0. The summed E-state index contributed by atoms with van der Waals surface area (Å²) < 4.78 is 5.80. The molecule has 0 fully saturated rings. The third kappa shape index (κ3) is 19.4. The van der Waals surface area contributed by atoms with Gasteiger partial charge in [-0.1, -0.05) is 77.2 Å². The molecule has 1 atom stereocenters. The lowest BCUT2D eigenvalue weighted by Gasteiger charge is -2.29. The molecule has 0 aliphatic carbocycles. The van der Waals surface area contributed by atoms with Crippen LogP contribution in [0.3, 0.4) is 0 Å². The number of quaternary nitrogens is 1. The van der Waals surface area contributed by atoms with Gasteiger partial charge in [0.05, 0.1) is 21.1 Å². The number of rotatable bonds is 18. The number of allylic oxidation sites excluding steroid dienone is 1. The van der Waals surface area contributed by atoms with Crippen molar-refractivity contribution in [2.75, 3.05) is 27.7 Å². The average Bonchev–Trinajstić information content (AvgIpc) is 2.56. The van der Waals surface area contributed by atoms with Gasteiger partial charge in [0.15, 0.2) is 6.10 Å². The number of hydrogen-bond acceptors (Lipinski definition) is 4. The number of carbonyl (C=O) groups is 2. The summed E-state index contributed by atoms with van der Waals surface area (Å²) in [4.78, 5) is 22.7. The minimum absolute atomic E-state index is 0.270. The van der Waals surface area contributed by atoms with E-state index >= 15 is 0 Å². The van der Waals surface area contributed by atoms with Crippen molar-refractivity contribution in [2.24, 2.45) is 0 Å². The molecule has 0 aromatic carbocycles. The van der Waals surface area contributed by atoms with Crippen molar-refractivity contribution in [1.82, 2.24) is 0 Å². The van der Waals surface area contributed by atoms with E-state index in [-0.39, 0.29) is 6.42 Å². The van der Waals surface area contributed by atoms with Crippen molar-refractivity contribution < 1.29 is 23.9 Å². The van der Waals surface area contributed by atoms with Gasteiger partial charge in [0.2, 0.25) is 0 Å². The van der Waals surface area contributed by atoms with Crippen LogP contribution in [0, 0.1) is 0 Å². The summed E-state index contributed by atoms with van der Waals surface area (Å²) in [5.74, 6) is -1.67. The Labute approximate surface area is 172 Å². The Morgan fingerprint density at radius 3 is 1.86 bits per heavy atom. The number of carboxylic acid groups (broad SMARTS) is 1. The van der Waals surface area contributed by atoms with Crippen LogP contribution < -0.4 is 5.11 Å². The van der Waals surface area contributed by atoms with E-state index in [1.165, 1.54) is 70.3 Å². The number of hydrogen-bond donors (Lipinski definition) is 0. The lowest BCUT2D eigenvalue weighted by Crippen LogP contribution is -2.45. The molecule has 28 heavy (non-hydrogen) atoms. The first-order valence-electron chi connectivity index (χ1n) is 11.1. The van der Waals surface area contributed by atoms with Gasteiger partial charge in [-0.05, 0) is 12.8 Å². The molecule has 0 heterocycles. The number of esters is 1. The summed E-state index contributed by atoms with van der Waals surface area (Å²) in [6, 6.07) is 0. The highest BCUT2D eigenvalue weighted by Gasteiger charge is 2.21. The van der Waals surface area contributed by atoms with Crippen LogP contribution in [-0.2, 0) is 14.3 Å². The van der Waals surface area contributed by atoms with Crippen LogP contribution in [0.1, 0.15) is 90.4 Å². The number of likely N-dealkylation sites (N-methyl/N-ethyl adjacent to an activating group) is 1. The van der Waals surface area contributed by atoms with Crippen molar-refractivity contribution in [3.05, 3.63) is 12.2 Å². The third-order valence-corrected chi connectivity index (χ3v) is 4.66. The minimum atomic E-state index is -1.20. The zero-order valence-corrected chi connectivity index (χ0v) is 18.7. The van der Waals surface area contributed by atoms with E-state index in [0.717, 1.165) is 12.8 Å². The predicted octanol–water partition coefficient (Wildman–Crippen LogP) is 4.00. The third-order valence-electron chi connectivity index (χ3n) is 4.66. The monoisotopic (exact) mass is 397 g/mol. The second-order valence-corrected chi connectivity index (χ2v) is 8.83. The van der Waals surface area contributed by atoms with Crippen LogP contribution in [0.4, 0.5) is 0 Å². The summed E-state index contributed by atoms with van der Waals surface area (Å²) in [5, 5.41) is 10.8. The van der Waals surface area contributed by atoms with Gasteiger partial charge in [-0.15, -0.1) is 0 Å². The minimum Gasteiger partial charge on any atom is -0.550 e. The van der Waals surface area contributed by atoms with Gasteiger partial charge < -0.3 is 19.1 Å². The first kappa shape index (κ1) is 26.6. The molecule has 1 unspecified atom stereocenters. The molecule has 0 N–H and O–H groups in total. The quantitative estimate of drug-likeness (QED) is 0.152. The molecule has 0 rings (SSSR count). The summed E-state index contributed by atoms with van der Waals surface area (Å²) in [7, 11) is 5.79. The number of carboxylic acids is 1. The molecule has 0 aromatic rings. The van der Waals surface area contributed by atoms with Gasteiger partial charge in [0.1, 0.15) is 6.54 Å². The zero-order valence-electron chi connectivity index (χ0n) is 18.7. The summed E-state index contributed by atoms with van der Waals surface area (Å²) >= 11 is 0. The zero-order chi connectivity index (χ0) is 21.3. The van der Waals surface area contributed by atoms with E-state index in [9.17, 15) is 14.7 Å². The van der Waals surface area contributed by atoms with Crippen molar-refractivity contribution in [3.63, 3.8) is 0 Å². The summed E-state index contributed by atoms with van der Waals surface area (Å²) in [5.41, 5.74) is 0. The topological polar surface area (TPSA) is 66.4 Å². The predicted molar refractivity (Wildman–Crippen MR) is 113 cm³/mol. The number of nitrogens with zero attached hydrogens (tertiary/aromatic N) is 1. The first-order chi connectivity index (χ1) is 13.2. The largest absolute Gasteiger partial charge is 0.550 e. The molecular weight excluding hydrogens is 354 g/mol. The van der Waals surface area contributed by atoms with Crippen LogP contribution in [0.15, 0.2) is 12.2 Å². The molecular formula is C23H43NO4. The standard InChI is InChI=1S/C23H43NO4/c1-5-6-7-8-9-10-11-12-13-14-15-16-17-18-23(27)28-21(19-22(25)26)20-24(2,3)4/h17-18,21H,5-16,19-20H2,1-4H3/b18-17+. The van der Waals surface area contributed by atoms with Crippen LogP contribution in [0.25, 0.3) is 0 Å². The molecule has 0 aromatic heterocycles.